The van der Waals surface area contributed by atoms with Crippen molar-refractivity contribution in [3.8, 4) is 11.5 Å². The van der Waals surface area contributed by atoms with Crippen molar-refractivity contribution in [2.75, 3.05) is 5.73 Å². The molecule has 0 unspecified atom stereocenters. The molecule has 0 saturated carbocycles. The molecule has 16 heavy (non-hydrogen) atoms. The van der Waals surface area contributed by atoms with Gasteiger partial charge in [0.25, 0.3) is 0 Å². The van der Waals surface area contributed by atoms with Gasteiger partial charge in [0.15, 0.2) is 0 Å². The van der Waals surface area contributed by atoms with E-state index in [1.165, 1.54) is 0 Å². The second-order valence-corrected chi connectivity index (χ2v) is 3.48. The van der Waals surface area contributed by atoms with Crippen LogP contribution in [0.5, 0.6) is 0 Å². The molecule has 3 rings (SSSR count). The third-order valence-corrected chi connectivity index (χ3v) is 2.29. The highest BCUT2D eigenvalue weighted by atomic mass is 16.4. The predicted octanol–water partition coefficient (Wildman–Crippen LogP) is 2.47. The SMILES string of the molecule is Nc1cnc2oc(-c3ccccc3)nc2c1. The lowest BCUT2D eigenvalue weighted by Gasteiger charge is -1.91. The standard InChI is InChI=1S/C12H9N3O/c13-9-6-10-12(14-7-9)16-11(15-10)8-4-2-1-3-5-8/h1-7H,13H2. The van der Waals surface area contributed by atoms with Gasteiger partial charge in [-0.05, 0) is 18.2 Å². The Morgan fingerprint density at radius 3 is 2.75 bits per heavy atom. The van der Waals surface area contributed by atoms with Gasteiger partial charge in [0.1, 0.15) is 5.52 Å². The van der Waals surface area contributed by atoms with Crippen LogP contribution in [-0.2, 0) is 0 Å². The second-order valence-electron chi connectivity index (χ2n) is 3.48. The van der Waals surface area contributed by atoms with Crippen LogP contribution in [0, 0.1) is 0 Å². The molecule has 0 radical (unpaired) electrons. The van der Waals surface area contributed by atoms with E-state index in [1.807, 2.05) is 30.3 Å². The molecule has 0 aliphatic rings. The average Bonchev–Trinajstić information content (AvgIpc) is 2.73. The Labute approximate surface area is 91.7 Å². The summed E-state index contributed by atoms with van der Waals surface area (Å²) >= 11 is 0. The van der Waals surface area contributed by atoms with Crippen LogP contribution < -0.4 is 5.73 Å². The first-order valence-corrected chi connectivity index (χ1v) is 4.90. The highest BCUT2D eigenvalue weighted by molar-refractivity contribution is 5.75. The van der Waals surface area contributed by atoms with Crippen molar-refractivity contribution in [1.82, 2.24) is 9.97 Å². The van der Waals surface area contributed by atoms with Gasteiger partial charge in [-0.2, -0.15) is 0 Å². The van der Waals surface area contributed by atoms with Crippen LogP contribution in [-0.4, -0.2) is 9.97 Å². The molecule has 0 bridgehead atoms. The lowest BCUT2D eigenvalue weighted by Crippen LogP contribution is -1.85. The molecule has 0 aliphatic carbocycles. The summed E-state index contributed by atoms with van der Waals surface area (Å²) in [7, 11) is 0. The number of nitrogen functional groups attached to an aromatic ring is 1. The monoisotopic (exact) mass is 211 g/mol. The zero-order valence-electron chi connectivity index (χ0n) is 8.42. The van der Waals surface area contributed by atoms with Gasteiger partial charge in [0.05, 0.1) is 11.9 Å². The molecule has 0 aliphatic heterocycles. The maximum Gasteiger partial charge on any atom is 0.247 e. The van der Waals surface area contributed by atoms with Crippen molar-refractivity contribution in [1.29, 1.82) is 0 Å². The van der Waals surface area contributed by atoms with Gasteiger partial charge in [-0.15, -0.1) is 0 Å². The molecule has 4 heteroatoms. The number of fused-ring (bicyclic) bond motifs is 1. The topological polar surface area (TPSA) is 64.9 Å². The van der Waals surface area contributed by atoms with Crippen molar-refractivity contribution >= 4 is 16.9 Å². The van der Waals surface area contributed by atoms with Crippen LogP contribution in [0.25, 0.3) is 22.7 Å². The minimum absolute atomic E-state index is 0.507. The number of pyridine rings is 1. The summed E-state index contributed by atoms with van der Waals surface area (Å²) in [5.74, 6) is 0.564. The normalized spacial score (nSPS) is 10.8. The summed E-state index contributed by atoms with van der Waals surface area (Å²) in [4.78, 5) is 8.41. The van der Waals surface area contributed by atoms with E-state index >= 15 is 0 Å². The number of rotatable bonds is 1. The van der Waals surface area contributed by atoms with Gasteiger partial charge in [-0.3, -0.25) is 0 Å². The summed E-state index contributed by atoms with van der Waals surface area (Å²) < 4.78 is 5.53. The molecule has 1 aromatic carbocycles. The van der Waals surface area contributed by atoms with E-state index < -0.39 is 0 Å². The Bertz CT molecular complexity index is 631. The summed E-state index contributed by atoms with van der Waals surface area (Å²) in [5, 5.41) is 0. The third-order valence-electron chi connectivity index (χ3n) is 2.29. The second kappa shape index (κ2) is 3.34. The molecule has 3 aromatic rings. The Hall–Kier alpha value is -2.36. The fraction of sp³-hybridized carbons (Fsp3) is 0. The van der Waals surface area contributed by atoms with E-state index in [4.69, 9.17) is 10.2 Å². The van der Waals surface area contributed by atoms with E-state index in [0.29, 0.717) is 22.8 Å². The van der Waals surface area contributed by atoms with Crippen LogP contribution in [0.2, 0.25) is 0 Å². The average molecular weight is 211 g/mol. The maximum absolute atomic E-state index is 5.63. The number of oxazole rings is 1. The third kappa shape index (κ3) is 1.40. The summed E-state index contributed by atoms with van der Waals surface area (Å²) in [6.45, 7) is 0. The highest BCUT2D eigenvalue weighted by Crippen LogP contribution is 2.23. The lowest BCUT2D eigenvalue weighted by atomic mass is 10.2. The molecule has 0 saturated heterocycles. The Kier molecular flexibility index (Phi) is 1.86. The number of hydrogen-bond acceptors (Lipinski definition) is 4. The molecule has 4 nitrogen and oxygen atoms in total. The molecule has 0 spiro atoms. The van der Waals surface area contributed by atoms with Crippen LogP contribution in [0.3, 0.4) is 0 Å². The number of benzene rings is 1. The fourth-order valence-corrected chi connectivity index (χ4v) is 1.54. The summed E-state index contributed by atoms with van der Waals surface area (Å²) in [6, 6.07) is 11.4. The van der Waals surface area contributed by atoms with Crippen molar-refractivity contribution < 1.29 is 4.42 Å². The minimum atomic E-state index is 0.507. The van der Waals surface area contributed by atoms with Crippen LogP contribution in [0.4, 0.5) is 5.69 Å². The number of aromatic nitrogens is 2. The van der Waals surface area contributed by atoms with Gasteiger partial charge in [0, 0.05) is 5.56 Å². The van der Waals surface area contributed by atoms with Crippen molar-refractivity contribution in [2.24, 2.45) is 0 Å². The molecule has 0 fully saturated rings. The maximum atomic E-state index is 5.63. The number of nitrogens with two attached hydrogens (primary N) is 1. The van der Waals surface area contributed by atoms with Gasteiger partial charge < -0.3 is 10.2 Å². The van der Waals surface area contributed by atoms with Gasteiger partial charge in [0.2, 0.25) is 11.6 Å². The first-order valence-electron chi connectivity index (χ1n) is 4.90. The Morgan fingerprint density at radius 1 is 1.12 bits per heavy atom. The molecular weight excluding hydrogens is 202 g/mol. The van der Waals surface area contributed by atoms with Crippen molar-refractivity contribution in [3.63, 3.8) is 0 Å². The zero-order valence-corrected chi connectivity index (χ0v) is 8.42. The zero-order chi connectivity index (χ0) is 11.0. The number of nitrogens with zero attached hydrogens (tertiary/aromatic N) is 2. The van der Waals surface area contributed by atoms with Gasteiger partial charge >= 0.3 is 0 Å². The van der Waals surface area contributed by atoms with E-state index in [-0.39, 0.29) is 0 Å². The van der Waals surface area contributed by atoms with Crippen LogP contribution >= 0.6 is 0 Å². The highest BCUT2D eigenvalue weighted by Gasteiger charge is 2.08. The number of hydrogen-bond donors (Lipinski definition) is 1. The number of anilines is 1. The smallest absolute Gasteiger partial charge is 0.247 e. The molecule has 78 valence electrons. The van der Waals surface area contributed by atoms with Gasteiger partial charge in [-0.1, -0.05) is 18.2 Å². The molecular formula is C12H9N3O. The first-order chi connectivity index (χ1) is 7.83. The van der Waals surface area contributed by atoms with E-state index in [1.54, 1.807) is 12.3 Å². The molecule has 0 atom stereocenters. The Morgan fingerprint density at radius 2 is 1.94 bits per heavy atom. The molecule has 2 heterocycles. The lowest BCUT2D eigenvalue weighted by molar-refractivity contribution is 0.608. The van der Waals surface area contributed by atoms with E-state index in [2.05, 4.69) is 9.97 Å². The Balaban J connectivity index is 2.19. The van der Waals surface area contributed by atoms with Crippen LogP contribution in [0.15, 0.2) is 47.0 Å². The molecule has 2 N–H and O–H groups in total. The van der Waals surface area contributed by atoms with E-state index in [0.717, 1.165) is 5.56 Å². The molecule has 2 aromatic heterocycles. The first kappa shape index (κ1) is 8.91. The predicted molar refractivity (Wildman–Crippen MR) is 61.7 cm³/mol. The van der Waals surface area contributed by atoms with E-state index in [9.17, 15) is 0 Å². The quantitative estimate of drug-likeness (QED) is 0.671. The van der Waals surface area contributed by atoms with Crippen molar-refractivity contribution in [3.05, 3.63) is 42.6 Å². The molecule has 0 amide bonds. The van der Waals surface area contributed by atoms with Gasteiger partial charge in [-0.25, -0.2) is 9.97 Å². The van der Waals surface area contributed by atoms with Crippen LogP contribution in [0.1, 0.15) is 0 Å². The summed E-state index contributed by atoms with van der Waals surface area (Å²) in [5.41, 5.74) is 8.33. The largest absolute Gasteiger partial charge is 0.418 e. The summed E-state index contributed by atoms with van der Waals surface area (Å²) in [6.07, 6.45) is 1.56. The minimum Gasteiger partial charge on any atom is -0.418 e. The van der Waals surface area contributed by atoms with Crippen molar-refractivity contribution in [2.45, 2.75) is 0 Å². The fourth-order valence-electron chi connectivity index (χ4n) is 1.54.